The molecule has 2 amide bonds. The van der Waals surface area contributed by atoms with Crippen molar-refractivity contribution in [2.45, 2.75) is 0 Å². The smallest absolute Gasteiger partial charge is 0.256 e. The summed E-state index contributed by atoms with van der Waals surface area (Å²) in [7, 11) is 0. The number of carbonyl (C=O) groups is 3. The zero-order chi connectivity index (χ0) is 16.7. The summed E-state index contributed by atoms with van der Waals surface area (Å²) in [6.45, 7) is 0. The summed E-state index contributed by atoms with van der Waals surface area (Å²) in [5.74, 6) is -1.04. The molecule has 0 aromatic heterocycles. The molecule has 2 N–H and O–H groups in total. The number of rotatable bonds is 2. The van der Waals surface area contributed by atoms with E-state index in [9.17, 15) is 14.4 Å². The average Bonchev–Trinajstić information content (AvgIpc) is 3.05. The van der Waals surface area contributed by atoms with Crippen LogP contribution >= 0.6 is 0 Å². The molecule has 0 atom stereocenters. The molecule has 5 heteroatoms. The topological polar surface area (TPSA) is 75.3 Å². The van der Waals surface area contributed by atoms with Gasteiger partial charge in [-0.05, 0) is 24.3 Å². The van der Waals surface area contributed by atoms with Crippen molar-refractivity contribution in [3.8, 4) is 0 Å². The molecule has 2 aromatic carbocycles. The van der Waals surface area contributed by atoms with Crippen LogP contribution in [0.15, 0.2) is 60.7 Å². The monoisotopic (exact) mass is 316 g/mol. The number of ketones is 1. The number of benzene rings is 2. The first-order valence-electron chi connectivity index (χ1n) is 7.42. The van der Waals surface area contributed by atoms with Gasteiger partial charge in [-0.1, -0.05) is 36.4 Å². The number of para-hydroxylation sites is 2. The molecule has 5 nitrogen and oxygen atoms in total. The highest BCUT2D eigenvalue weighted by atomic mass is 16.2. The second-order valence-corrected chi connectivity index (χ2v) is 5.52. The summed E-state index contributed by atoms with van der Waals surface area (Å²) < 4.78 is 0. The first-order chi connectivity index (χ1) is 11.6. The average molecular weight is 316 g/mol. The van der Waals surface area contributed by atoms with Gasteiger partial charge >= 0.3 is 0 Å². The second-order valence-electron chi connectivity index (χ2n) is 5.52. The highest BCUT2D eigenvalue weighted by molar-refractivity contribution is 6.38. The number of hydrogen-bond donors (Lipinski definition) is 2. The van der Waals surface area contributed by atoms with Crippen molar-refractivity contribution < 1.29 is 14.4 Å². The molecule has 0 aliphatic carbocycles. The fourth-order valence-electron chi connectivity index (χ4n) is 2.89. The predicted octanol–water partition coefficient (Wildman–Crippen LogP) is 2.63. The van der Waals surface area contributed by atoms with Gasteiger partial charge in [0.1, 0.15) is 0 Å². The Bertz CT molecular complexity index is 893. The minimum atomic E-state index is -0.404. The Morgan fingerprint density at radius 2 is 1.12 bits per heavy atom. The number of anilines is 2. The predicted molar refractivity (Wildman–Crippen MR) is 91.1 cm³/mol. The van der Waals surface area contributed by atoms with Crippen molar-refractivity contribution in [1.82, 2.24) is 0 Å². The van der Waals surface area contributed by atoms with E-state index in [0.717, 1.165) is 0 Å². The summed E-state index contributed by atoms with van der Waals surface area (Å²) in [6, 6.07) is 14.3. The number of hydrogen-bond acceptors (Lipinski definition) is 3. The van der Waals surface area contributed by atoms with Gasteiger partial charge in [-0.3, -0.25) is 14.4 Å². The highest BCUT2D eigenvalue weighted by Gasteiger charge is 2.26. The molecule has 24 heavy (non-hydrogen) atoms. The molecular formula is C19H12N2O3. The van der Waals surface area contributed by atoms with Crippen LogP contribution in [-0.2, 0) is 14.4 Å². The molecule has 0 unspecified atom stereocenters. The lowest BCUT2D eigenvalue weighted by Crippen LogP contribution is -2.07. The van der Waals surface area contributed by atoms with Crippen molar-refractivity contribution in [2.75, 3.05) is 10.6 Å². The molecule has 0 spiro atoms. The maximum absolute atomic E-state index is 12.4. The molecule has 116 valence electrons. The van der Waals surface area contributed by atoms with E-state index in [1.165, 1.54) is 12.2 Å². The lowest BCUT2D eigenvalue weighted by Gasteiger charge is -1.97. The van der Waals surface area contributed by atoms with Crippen LogP contribution in [0.1, 0.15) is 11.1 Å². The van der Waals surface area contributed by atoms with Gasteiger partial charge in [-0.15, -0.1) is 0 Å². The Morgan fingerprint density at radius 3 is 1.58 bits per heavy atom. The molecule has 2 aromatic rings. The van der Waals surface area contributed by atoms with Crippen LogP contribution < -0.4 is 10.6 Å². The van der Waals surface area contributed by atoms with Crippen LogP contribution in [0.25, 0.3) is 11.1 Å². The molecule has 2 aliphatic heterocycles. The van der Waals surface area contributed by atoms with Crippen LogP contribution in [0.2, 0.25) is 0 Å². The van der Waals surface area contributed by atoms with Gasteiger partial charge in [-0.2, -0.15) is 0 Å². The summed E-state index contributed by atoms with van der Waals surface area (Å²) in [6.07, 6.45) is 2.53. The maximum Gasteiger partial charge on any atom is 0.256 e. The Hall–Kier alpha value is -3.47. The zero-order valence-corrected chi connectivity index (χ0v) is 12.5. The first kappa shape index (κ1) is 14.1. The van der Waals surface area contributed by atoms with E-state index in [1.807, 2.05) is 12.1 Å². The molecule has 2 aliphatic rings. The Morgan fingerprint density at radius 1 is 0.708 bits per heavy atom. The van der Waals surface area contributed by atoms with E-state index in [2.05, 4.69) is 10.6 Å². The Kier molecular flexibility index (Phi) is 3.13. The molecule has 2 heterocycles. The van der Waals surface area contributed by atoms with E-state index >= 15 is 0 Å². The number of nitrogens with one attached hydrogen (secondary N) is 2. The summed E-state index contributed by atoms with van der Waals surface area (Å²) in [5.41, 5.74) is 3.34. The van der Waals surface area contributed by atoms with Crippen LogP contribution in [0.5, 0.6) is 0 Å². The number of carbonyl (C=O) groups excluding carboxylic acids is 3. The van der Waals surface area contributed by atoms with E-state index in [1.54, 1.807) is 36.4 Å². The van der Waals surface area contributed by atoms with Gasteiger partial charge < -0.3 is 10.6 Å². The molecule has 4 rings (SSSR count). The second kappa shape index (κ2) is 5.31. The van der Waals surface area contributed by atoms with Crippen LogP contribution in [0.3, 0.4) is 0 Å². The van der Waals surface area contributed by atoms with Crippen LogP contribution in [-0.4, -0.2) is 17.6 Å². The highest BCUT2D eigenvalue weighted by Crippen LogP contribution is 2.33. The quantitative estimate of drug-likeness (QED) is 0.836. The Labute approximate surface area is 137 Å². The van der Waals surface area contributed by atoms with E-state index in [-0.39, 0.29) is 11.8 Å². The van der Waals surface area contributed by atoms with Crippen molar-refractivity contribution >= 4 is 40.1 Å². The largest absolute Gasteiger partial charge is 0.321 e. The van der Waals surface area contributed by atoms with Gasteiger partial charge in [0.15, 0.2) is 5.78 Å². The first-order valence-corrected chi connectivity index (χ1v) is 7.42. The molecule has 0 saturated heterocycles. The van der Waals surface area contributed by atoms with Gasteiger partial charge in [0, 0.05) is 22.5 Å². The van der Waals surface area contributed by atoms with Gasteiger partial charge in [-0.25, -0.2) is 0 Å². The summed E-state index contributed by atoms with van der Waals surface area (Å²) in [4.78, 5) is 36.4. The molecule has 0 bridgehead atoms. The lowest BCUT2D eigenvalue weighted by molar-refractivity contribution is -0.112. The van der Waals surface area contributed by atoms with E-state index < -0.39 is 5.78 Å². The normalized spacial score (nSPS) is 18.3. The van der Waals surface area contributed by atoms with E-state index in [0.29, 0.717) is 33.6 Å². The van der Waals surface area contributed by atoms with Gasteiger partial charge in [0.25, 0.3) is 11.8 Å². The van der Waals surface area contributed by atoms with Crippen molar-refractivity contribution in [3.05, 3.63) is 71.8 Å². The fraction of sp³-hybridized carbons (Fsp3) is 0. The molecule has 0 saturated carbocycles. The van der Waals surface area contributed by atoms with Crippen molar-refractivity contribution in [2.24, 2.45) is 0 Å². The molecule has 0 fully saturated rings. The standard InChI is InChI=1S/C19H12N2O3/c22-11(9-14-12-5-1-3-7-16(12)20-18(14)23)10-15-13-6-2-4-8-17(13)21-19(15)24/h1-10H,(H,20,23)(H,21,24)/b14-9-,15-10+. The fourth-order valence-corrected chi connectivity index (χ4v) is 2.89. The van der Waals surface area contributed by atoms with Gasteiger partial charge in [0.05, 0.1) is 11.1 Å². The number of allylic oxidation sites excluding steroid dienone is 2. The minimum absolute atomic E-state index is 0.305. The minimum Gasteiger partial charge on any atom is -0.321 e. The van der Waals surface area contributed by atoms with Crippen molar-refractivity contribution in [3.63, 3.8) is 0 Å². The van der Waals surface area contributed by atoms with Crippen molar-refractivity contribution in [1.29, 1.82) is 0 Å². The van der Waals surface area contributed by atoms with E-state index in [4.69, 9.17) is 0 Å². The van der Waals surface area contributed by atoms with Gasteiger partial charge in [0.2, 0.25) is 0 Å². The zero-order valence-electron chi connectivity index (χ0n) is 12.5. The molecule has 0 radical (unpaired) electrons. The number of fused-ring (bicyclic) bond motifs is 2. The van der Waals surface area contributed by atoms with Crippen LogP contribution in [0.4, 0.5) is 11.4 Å². The third-order valence-electron chi connectivity index (χ3n) is 3.99. The summed E-state index contributed by atoms with van der Waals surface area (Å²) >= 11 is 0. The molecular weight excluding hydrogens is 304 g/mol. The third kappa shape index (κ3) is 2.23. The SMILES string of the molecule is O=C(/C=C1\C(=O)Nc2ccccc21)/C=C1/C(=O)Nc2ccccc21. The van der Waals surface area contributed by atoms with Crippen LogP contribution in [0, 0.1) is 0 Å². The lowest BCUT2D eigenvalue weighted by atomic mass is 10.0. The third-order valence-corrected chi connectivity index (χ3v) is 3.99. The number of amides is 2. The Balaban J connectivity index is 1.71. The maximum atomic E-state index is 12.4. The summed E-state index contributed by atoms with van der Waals surface area (Å²) in [5, 5.41) is 5.42.